The number of hydrogen-bond acceptors (Lipinski definition) is 6. The van der Waals surface area contributed by atoms with Gasteiger partial charge < -0.3 is 14.2 Å². The highest BCUT2D eigenvalue weighted by atomic mass is 32.2. The Balaban J connectivity index is 3.17. The van der Waals surface area contributed by atoms with Gasteiger partial charge in [-0.25, -0.2) is 8.42 Å². The molecule has 7 nitrogen and oxygen atoms in total. The highest BCUT2D eigenvalue weighted by Crippen LogP contribution is 2.29. The van der Waals surface area contributed by atoms with Gasteiger partial charge in [-0.05, 0) is 26.0 Å². The van der Waals surface area contributed by atoms with Crippen molar-refractivity contribution in [2.45, 2.75) is 24.3 Å². The molecular weight excluding hydrogens is 298 g/mol. The number of nitrogens with one attached hydrogen (secondary N) is 1. The molecule has 0 spiro atoms. The molecule has 8 heteroatoms. The number of carbonyl (C=O) groups is 1. The number of rotatable bonds is 6. The SMILES string of the molecule is COC(=O)C(C)(C)NS(=O)(=O)c1ccc(OC)c(OC)c1. The Bertz CT molecular complexity index is 624. The Kier molecular flexibility index (Phi) is 5.19. The minimum absolute atomic E-state index is 0.0443. The number of hydrogen-bond donors (Lipinski definition) is 1. The number of ether oxygens (including phenoxy) is 3. The van der Waals surface area contributed by atoms with E-state index in [0.29, 0.717) is 5.75 Å². The van der Waals surface area contributed by atoms with E-state index >= 15 is 0 Å². The molecule has 118 valence electrons. The molecule has 0 atom stereocenters. The number of esters is 1. The number of methoxy groups -OCH3 is 3. The first-order valence-corrected chi connectivity index (χ1v) is 7.50. The van der Waals surface area contributed by atoms with Crippen molar-refractivity contribution in [3.63, 3.8) is 0 Å². The van der Waals surface area contributed by atoms with E-state index in [1.807, 2.05) is 0 Å². The third kappa shape index (κ3) is 3.85. The van der Waals surface area contributed by atoms with Gasteiger partial charge >= 0.3 is 5.97 Å². The lowest BCUT2D eigenvalue weighted by Crippen LogP contribution is -2.50. The topological polar surface area (TPSA) is 90.9 Å². The summed E-state index contributed by atoms with van der Waals surface area (Å²) >= 11 is 0. The summed E-state index contributed by atoms with van der Waals surface area (Å²) in [4.78, 5) is 11.5. The molecule has 0 saturated heterocycles. The molecule has 0 aliphatic rings. The van der Waals surface area contributed by atoms with E-state index in [0.717, 1.165) is 0 Å². The summed E-state index contributed by atoms with van der Waals surface area (Å²) in [5, 5.41) is 0. The predicted molar refractivity (Wildman–Crippen MR) is 76.0 cm³/mol. The molecule has 0 radical (unpaired) electrons. The molecule has 0 heterocycles. The lowest BCUT2D eigenvalue weighted by molar-refractivity contribution is -0.146. The predicted octanol–water partition coefficient (Wildman–Crippen LogP) is 0.934. The van der Waals surface area contributed by atoms with Crippen LogP contribution >= 0.6 is 0 Å². The van der Waals surface area contributed by atoms with E-state index in [1.165, 1.54) is 53.4 Å². The molecular formula is C13H19NO6S. The maximum Gasteiger partial charge on any atom is 0.326 e. The third-order valence-electron chi connectivity index (χ3n) is 2.75. The molecule has 0 aromatic heterocycles. The van der Waals surface area contributed by atoms with E-state index in [1.54, 1.807) is 0 Å². The van der Waals surface area contributed by atoms with Gasteiger partial charge in [0.2, 0.25) is 10.0 Å². The van der Waals surface area contributed by atoms with E-state index in [9.17, 15) is 13.2 Å². The fraction of sp³-hybridized carbons (Fsp3) is 0.462. The molecule has 21 heavy (non-hydrogen) atoms. The second-order valence-corrected chi connectivity index (χ2v) is 6.42. The standard InChI is InChI=1S/C13H19NO6S/c1-13(2,12(15)20-5)14-21(16,17)9-6-7-10(18-3)11(8-9)19-4/h6-8,14H,1-5H3. The maximum absolute atomic E-state index is 12.3. The van der Waals surface area contributed by atoms with Crippen LogP contribution in [0.1, 0.15) is 13.8 Å². The van der Waals surface area contributed by atoms with Crippen LogP contribution in [0.2, 0.25) is 0 Å². The second kappa shape index (κ2) is 6.31. The Morgan fingerprint density at radius 1 is 1.10 bits per heavy atom. The second-order valence-electron chi connectivity index (χ2n) is 4.74. The maximum atomic E-state index is 12.3. The molecule has 0 saturated carbocycles. The van der Waals surface area contributed by atoms with E-state index in [-0.39, 0.29) is 10.6 Å². The molecule has 0 aliphatic heterocycles. The lowest BCUT2D eigenvalue weighted by Gasteiger charge is -2.23. The summed E-state index contributed by atoms with van der Waals surface area (Å²) in [6.45, 7) is 2.83. The normalized spacial score (nSPS) is 11.9. The Labute approximate surface area is 124 Å². The number of benzene rings is 1. The minimum Gasteiger partial charge on any atom is -0.493 e. The van der Waals surface area contributed by atoms with Gasteiger partial charge in [0.15, 0.2) is 11.5 Å². The summed E-state index contributed by atoms with van der Waals surface area (Å²) in [5.41, 5.74) is -1.39. The van der Waals surface area contributed by atoms with Gasteiger partial charge in [0.25, 0.3) is 0 Å². The fourth-order valence-electron chi connectivity index (χ4n) is 1.68. The smallest absolute Gasteiger partial charge is 0.326 e. The van der Waals surface area contributed by atoms with Crippen LogP contribution in [0, 0.1) is 0 Å². The van der Waals surface area contributed by atoms with Gasteiger partial charge in [-0.2, -0.15) is 4.72 Å². The van der Waals surface area contributed by atoms with Crippen molar-refractivity contribution in [1.29, 1.82) is 0 Å². The third-order valence-corrected chi connectivity index (χ3v) is 4.40. The van der Waals surface area contributed by atoms with Gasteiger partial charge in [-0.3, -0.25) is 4.79 Å². The van der Waals surface area contributed by atoms with Gasteiger partial charge in [-0.1, -0.05) is 0 Å². The quantitative estimate of drug-likeness (QED) is 0.785. The molecule has 1 rings (SSSR count). The van der Waals surface area contributed by atoms with Crippen molar-refractivity contribution in [1.82, 2.24) is 4.72 Å². The van der Waals surface area contributed by atoms with Crippen LogP contribution in [-0.4, -0.2) is 41.3 Å². The Morgan fingerprint density at radius 2 is 1.67 bits per heavy atom. The fourth-order valence-corrected chi connectivity index (χ4v) is 3.06. The highest BCUT2D eigenvalue weighted by molar-refractivity contribution is 7.89. The van der Waals surface area contributed by atoms with Gasteiger partial charge in [0.05, 0.1) is 26.2 Å². The number of carbonyl (C=O) groups excluding carboxylic acids is 1. The summed E-state index contributed by atoms with van der Waals surface area (Å²) in [5.74, 6) is -0.00789. The van der Waals surface area contributed by atoms with E-state index < -0.39 is 21.5 Å². The first kappa shape index (κ1) is 17.3. The van der Waals surface area contributed by atoms with Crippen LogP contribution in [-0.2, 0) is 19.6 Å². The highest BCUT2D eigenvalue weighted by Gasteiger charge is 2.34. The molecule has 0 aliphatic carbocycles. The van der Waals surface area contributed by atoms with Crippen LogP contribution in [0.3, 0.4) is 0 Å². The summed E-state index contributed by atoms with van der Waals surface area (Å²) in [7, 11) is 0.124. The van der Waals surface area contributed by atoms with Crippen LogP contribution in [0.4, 0.5) is 0 Å². The van der Waals surface area contributed by atoms with Gasteiger partial charge in [0, 0.05) is 6.07 Å². The zero-order valence-corrected chi connectivity index (χ0v) is 13.4. The first-order chi connectivity index (χ1) is 9.67. The molecule has 1 aromatic rings. The Hall–Kier alpha value is -1.80. The summed E-state index contributed by atoms with van der Waals surface area (Å²) < 4.78 is 41.6. The summed E-state index contributed by atoms with van der Waals surface area (Å²) in [6.07, 6.45) is 0. The van der Waals surface area contributed by atoms with Crippen molar-refractivity contribution in [2.75, 3.05) is 21.3 Å². The number of sulfonamides is 1. The van der Waals surface area contributed by atoms with Crippen molar-refractivity contribution in [2.24, 2.45) is 0 Å². The van der Waals surface area contributed by atoms with Crippen molar-refractivity contribution in [3.05, 3.63) is 18.2 Å². The molecule has 0 fully saturated rings. The Morgan fingerprint density at radius 3 is 2.14 bits per heavy atom. The first-order valence-electron chi connectivity index (χ1n) is 6.02. The zero-order valence-electron chi connectivity index (χ0n) is 12.6. The molecule has 1 aromatic carbocycles. The van der Waals surface area contributed by atoms with Crippen LogP contribution in [0.5, 0.6) is 11.5 Å². The molecule has 1 N–H and O–H groups in total. The van der Waals surface area contributed by atoms with Gasteiger partial charge in [-0.15, -0.1) is 0 Å². The van der Waals surface area contributed by atoms with Crippen LogP contribution in [0.15, 0.2) is 23.1 Å². The van der Waals surface area contributed by atoms with E-state index in [2.05, 4.69) is 9.46 Å². The summed E-state index contributed by atoms with van der Waals surface area (Å²) in [6, 6.07) is 4.14. The van der Waals surface area contributed by atoms with E-state index in [4.69, 9.17) is 9.47 Å². The average molecular weight is 317 g/mol. The van der Waals surface area contributed by atoms with Crippen LogP contribution < -0.4 is 14.2 Å². The van der Waals surface area contributed by atoms with Crippen LogP contribution in [0.25, 0.3) is 0 Å². The van der Waals surface area contributed by atoms with Crippen molar-refractivity contribution < 1.29 is 27.4 Å². The molecule has 0 unspecified atom stereocenters. The zero-order chi connectivity index (χ0) is 16.3. The molecule has 0 amide bonds. The average Bonchev–Trinajstić information content (AvgIpc) is 2.44. The van der Waals surface area contributed by atoms with Gasteiger partial charge in [0.1, 0.15) is 5.54 Å². The largest absolute Gasteiger partial charge is 0.493 e. The lowest BCUT2D eigenvalue weighted by atomic mass is 10.1. The molecule has 0 bridgehead atoms. The monoisotopic (exact) mass is 317 g/mol. The minimum atomic E-state index is -3.92. The van der Waals surface area contributed by atoms with Crippen molar-refractivity contribution >= 4 is 16.0 Å². The van der Waals surface area contributed by atoms with Crippen molar-refractivity contribution in [3.8, 4) is 11.5 Å².